The average molecular weight is 376 g/mol. The van der Waals surface area contributed by atoms with Gasteiger partial charge in [-0.2, -0.15) is 0 Å². The van der Waals surface area contributed by atoms with Gasteiger partial charge in [-0.05, 0) is 30.5 Å². The molecule has 27 heavy (non-hydrogen) atoms. The number of hydrogen-bond acceptors (Lipinski definition) is 5. The Hall–Kier alpha value is -1.63. The molecule has 6 heteroatoms. The highest BCUT2D eigenvalue weighted by Crippen LogP contribution is 2.24. The van der Waals surface area contributed by atoms with E-state index >= 15 is 0 Å². The number of amides is 1. The molecule has 0 spiro atoms. The molecule has 6 nitrogen and oxygen atoms in total. The first-order valence-corrected chi connectivity index (χ1v) is 10.2. The Morgan fingerprint density at radius 3 is 2.67 bits per heavy atom. The molecule has 1 saturated carbocycles. The summed E-state index contributed by atoms with van der Waals surface area (Å²) >= 11 is 0. The van der Waals surface area contributed by atoms with E-state index in [-0.39, 0.29) is 5.91 Å². The van der Waals surface area contributed by atoms with Crippen LogP contribution in [0, 0.1) is 0 Å². The smallest absolute Gasteiger partial charge is 0.234 e. The standard InChI is InChI=1S/C21H33N3O3/c1-26-13-14-27-20-8-4-5-18(15-20)16-22-21(25)17-23-9-11-24(12-10-23)19-6-2-3-7-19/h4-5,8,15,19H,2-3,6-7,9-14,16-17H2,1H3,(H,22,25). The third kappa shape index (κ3) is 6.48. The third-order valence-corrected chi connectivity index (χ3v) is 5.56. The summed E-state index contributed by atoms with van der Waals surface area (Å²) in [7, 11) is 1.66. The zero-order valence-electron chi connectivity index (χ0n) is 16.5. The summed E-state index contributed by atoms with van der Waals surface area (Å²) in [5, 5.41) is 3.03. The first-order chi connectivity index (χ1) is 13.2. The van der Waals surface area contributed by atoms with E-state index in [9.17, 15) is 4.79 Å². The molecule has 2 aliphatic rings. The number of nitrogens with one attached hydrogen (secondary N) is 1. The van der Waals surface area contributed by atoms with Gasteiger partial charge in [0.2, 0.25) is 5.91 Å². The van der Waals surface area contributed by atoms with Crippen LogP contribution < -0.4 is 10.1 Å². The van der Waals surface area contributed by atoms with Gasteiger partial charge in [0.05, 0.1) is 13.2 Å². The fraction of sp³-hybridized carbons (Fsp3) is 0.667. The highest BCUT2D eigenvalue weighted by atomic mass is 16.5. The largest absolute Gasteiger partial charge is 0.491 e. The molecule has 2 fully saturated rings. The zero-order valence-corrected chi connectivity index (χ0v) is 16.5. The molecular weight excluding hydrogens is 342 g/mol. The Labute approximate surface area is 162 Å². The molecule has 0 bridgehead atoms. The van der Waals surface area contributed by atoms with Gasteiger partial charge in [-0.3, -0.25) is 14.6 Å². The van der Waals surface area contributed by atoms with Crippen LogP contribution in [0.4, 0.5) is 0 Å². The van der Waals surface area contributed by atoms with Crippen molar-refractivity contribution in [2.24, 2.45) is 0 Å². The number of rotatable bonds is 9. The minimum absolute atomic E-state index is 0.0926. The number of carbonyl (C=O) groups is 1. The van der Waals surface area contributed by atoms with Gasteiger partial charge in [-0.15, -0.1) is 0 Å². The van der Waals surface area contributed by atoms with Crippen LogP contribution in [0.5, 0.6) is 5.75 Å². The van der Waals surface area contributed by atoms with Crippen molar-refractivity contribution >= 4 is 5.91 Å². The first-order valence-electron chi connectivity index (χ1n) is 10.2. The summed E-state index contributed by atoms with van der Waals surface area (Å²) in [5.41, 5.74) is 1.05. The van der Waals surface area contributed by atoms with Crippen LogP contribution in [0.15, 0.2) is 24.3 Å². The van der Waals surface area contributed by atoms with Gasteiger partial charge in [-0.1, -0.05) is 25.0 Å². The van der Waals surface area contributed by atoms with E-state index in [0.717, 1.165) is 43.5 Å². The number of piperazine rings is 1. The molecule has 0 aromatic heterocycles. The van der Waals surface area contributed by atoms with E-state index in [1.165, 1.54) is 25.7 Å². The summed E-state index contributed by atoms with van der Waals surface area (Å²) in [6.45, 7) is 6.29. The van der Waals surface area contributed by atoms with Crippen molar-refractivity contribution in [2.75, 3.05) is 53.0 Å². The molecular formula is C21H33N3O3. The molecule has 1 aliphatic carbocycles. The molecule has 1 amide bonds. The van der Waals surface area contributed by atoms with E-state index in [4.69, 9.17) is 9.47 Å². The Morgan fingerprint density at radius 2 is 1.93 bits per heavy atom. The predicted octanol–water partition coefficient (Wildman–Crippen LogP) is 1.89. The summed E-state index contributed by atoms with van der Waals surface area (Å²) in [6.07, 6.45) is 5.47. The van der Waals surface area contributed by atoms with Crippen LogP contribution in [0.1, 0.15) is 31.2 Å². The number of hydrogen-bond donors (Lipinski definition) is 1. The quantitative estimate of drug-likeness (QED) is 0.668. The number of carbonyl (C=O) groups excluding carboxylic acids is 1. The minimum Gasteiger partial charge on any atom is -0.491 e. The van der Waals surface area contributed by atoms with Gasteiger partial charge >= 0.3 is 0 Å². The lowest BCUT2D eigenvalue weighted by Gasteiger charge is -2.37. The molecule has 3 rings (SSSR count). The van der Waals surface area contributed by atoms with Gasteiger partial charge in [0.15, 0.2) is 0 Å². The highest BCUT2D eigenvalue weighted by molar-refractivity contribution is 5.78. The van der Waals surface area contributed by atoms with Gasteiger partial charge in [0, 0.05) is 45.9 Å². The van der Waals surface area contributed by atoms with Gasteiger partial charge in [0.25, 0.3) is 0 Å². The van der Waals surface area contributed by atoms with Gasteiger partial charge in [-0.25, -0.2) is 0 Å². The fourth-order valence-corrected chi connectivity index (χ4v) is 4.00. The van der Waals surface area contributed by atoms with Crippen molar-refractivity contribution in [3.63, 3.8) is 0 Å². The molecule has 150 valence electrons. The lowest BCUT2D eigenvalue weighted by Crippen LogP contribution is -2.51. The number of methoxy groups -OCH3 is 1. The molecule has 1 heterocycles. The maximum Gasteiger partial charge on any atom is 0.234 e. The van der Waals surface area contributed by atoms with E-state index in [2.05, 4.69) is 15.1 Å². The van der Waals surface area contributed by atoms with Crippen LogP contribution >= 0.6 is 0 Å². The fourth-order valence-electron chi connectivity index (χ4n) is 4.00. The third-order valence-electron chi connectivity index (χ3n) is 5.56. The monoisotopic (exact) mass is 375 g/mol. The van der Waals surface area contributed by atoms with E-state index in [1.54, 1.807) is 7.11 Å². The van der Waals surface area contributed by atoms with Crippen molar-refractivity contribution < 1.29 is 14.3 Å². The topological polar surface area (TPSA) is 54.0 Å². The Balaban J connectivity index is 1.35. The molecule has 1 N–H and O–H groups in total. The van der Waals surface area contributed by atoms with Crippen LogP contribution in [0.2, 0.25) is 0 Å². The maximum atomic E-state index is 12.3. The van der Waals surface area contributed by atoms with E-state index in [0.29, 0.717) is 26.3 Å². The Morgan fingerprint density at radius 1 is 1.15 bits per heavy atom. The van der Waals surface area contributed by atoms with Crippen molar-refractivity contribution in [3.8, 4) is 5.75 Å². The lowest BCUT2D eigenvalue weighted by molar-refractivity contribution is -0.122. The van der Waals surface area contributed by atoms with Crippen LogP contribution in [-0.2, 0) is 16.1 Å². The van der Waals surface area contributed by atoms with Gasteiger partial charge < -0.3 is 14.8 Å². The second kappa shape index (κ2) is 10.6. The van der Waals surface area contributed by atoms with Crippen LogP contribution in [0.25, 0.3) is 0 Å². The second-order valence-electron chi connectivity index (χ2n) is 7.52. The van der Waals surface area contributed by atoms with Crippen molar-refractivity contribution in [3.05, 3.63) is 29.8 Å². The summed E-state index contributed by atoms with van der Waals surface area (Å²) in [5.74, 6) is 0.900. The maximum absolute atomic E-state index is 12.3. The first kappa shape index (κ1) is 20.1. The van der Waals surface area contributed by atoms with Crippen molar-refractivity contribution in [1.29, 1.82) is 0 Å². The van der Waals surface area contributed by atoms with E-state index < -0.39 is 0 Å². The SMILES string of the molecule is COCCOc1cccc(CNC(=O)CN2CCN(C3CCCC3)CC2)c1. The van der Waals surface area contributed by atoms with Gasteiger partial charge in [0.1, 0.15) is 12.4 Å². The Bertz CT molecular complexity index is 582. The molecule has 0 radical (unpaired) electrons. The number of benzene rings is 1. The average Bonchev–Trinajstić information content (AvgIpc) is 3.22. The Kier molecular flexibility index (Phi) is 7.93. The lowest BCUT2D eigenvalue weighted by atomic mass is 10.2. The molecule has 1 aromatic rings. The normalized spacial score (nSPS) is 19.3. The molecule has 1 saturated heterocycles. The summed E-state index contributed by atoms with van der Waals surface area (Å²) in [6, 6.07) is 8.64. The second-order valence-corrected chi connectivity index (χ2v) is 7.52. The van der Waals surface area contributed by atoms with Crippen molar-refractivity contribution in [1.82, 2.24) is 15.1 Å². The van der Waals surface area contributed by atoms with E-state index in [1.807, 2.05) is 24.3 Å². The molecule has 0 atom stereocenters. The summed E-state index contributed by atoms with van der Waals surface area (Å²) < 4.78 is 10.6. The number of nitrogens with zero attached hydrogens (tertiary/aromatic N) is 2. The zero-order chi connectivity index (χ0) is 18.9. The minimum atomic E-state index is 0.0926. The van der Waals surface area contributed by atoms with Crippen molar-refractivity contribution in [2.45, 2.75) is 38.3 Å². The highest BCUT2D eigenvalue weighted by Gasteiger charge is 2.26. The predicted molar refractivity (Wildman–Crippen MR) is 106 cm³/mol. The molecule has 0 unspecified atom stereocenters. The molecule has 1 aliphatic heterocycles. The molecule has 1 aromatic carbocycles. The number of ether oxygens (including phenoxy) is 2. The van der Waals surface area contributed by atoms with Crippen LogP contribution in [0.3, 0.4) is 0 Å². The summed E-state index contributed by atoms with van der Waals surface area (Å²) in [4.78, 5) is 17.2. The van der Waals surface area contributed by atoms with Crippen LogP contribution in [-0.4, -0.2) is 74.8 Å².